The zero-order chi connectivity index (χ0) is 41.7. The Labute approximate surface area is 337 Å². The second kappa shape index (κ2) is 21.8. The molecule has 1 fully saturated rings. The highest BCUT2D eigenvalue weighted by Gasteiger charge is 2.38. The first kappa shape index (κ1) is 46.8. The number of carbonyl (C=O) groups is 4. The molecule has 314 valence electrons. The van der Waals surface area contributed by atoms with Crippen molar-refractivity contribution in [3.8, 4) is 0 Å². The summed E-state index contributed by atoms with van der Waals surface area (Å²) >= 11 is 1.13. The van der Waals surface area contributed by atoms with Crippen LogP contribution < -0.4 is 16.4 Å². The fraction of sp³-hybridized carbons (Fsp3) is 0.690. The quantitative estimate of drug-likeness (QED) is 0.0650. The van der Waals surface area contributed by atoms with Gasteiger partial charge in [0, 0.05) is 30.4 Å². The maximum atomic E-state index is 14.7. The van der Waals surface area contributed by atoms with Gasteiger partial charge in [0.1, 0.15) is 28.7 Å². The molecule has 1 aromatic heterocycles. The highest BCUT2D eigenvalue weighted by Crippen LogP contribution is 2.30. The molecule has 1 aliphatic rings. The van der Waals surface area contributed by atoms with Crippen molar-refractivity contribution in [3.05, 3.63) is 45.7 Å². The number of halogens is 1. The number of aliphatic hydroxyl groups excluding tert-OH is 1. The first-order chi connectivity index (χ1) is 26.4. The minimum atomic E-state index is -1.19. The molecule has 6 N–H and O–H groups in total. The fourth-order valence-electron chi connectivity index (χ4n) is 7.42. The van der Waals surface area contributed by atoms with Crippen LogP contribution in [0.1, 0.15) is 140 Å². The Morgan fingerprint density at radius 2 is 1.82 bits per heavy atom. The van der Waals surface area contributed by atoms with Crippen molar-refractivity contribution in [1.82, 2.24) is 25.4 Å². The Morgan fingerprint density at radius 3 is 2.43 bits per heavy atom. The number of piperidine rings is 1. The molecule has 56 heavy (non-hydrogen) atoms. The lowest BCUT2D eigenvalue weighted by atomic mass is 9.84. The molecular weight excluding hydrogens is 736 g/mol. The molecule has 2 heterocycles. The van der Waals surface area contributed by atoms with Crippen molar-refractivity contribution in [2.24, 2.45) is 17.3 Å². The number of aliphatic hydroxyl groups is 1. The van der Waals surface area contributed by atoms with Crippen LogP contribution in [0.25, 0.3) is 0 Å². The predicted octanol–water partition coefficient (Wildman–Crippen LogP) is 6.58. The summed E-state index contributed by atoms with van der Waals surface area (Å²) in [7, 11) is 1.95. The van der Waals surface area contributed by atoms with Gasteiger partial charge in [-0.3, -0.25) is 24.1 Å². The third-order valence-corrected chi connectivity index (χ3v) is 12.2. The molecule has 1 aliphatic heterocycles. The van der Waals surface area contributed by atoms with E-state index in [9.17, 15) is 33.8 Å². The molecule has 0 radical (unpaired) electrons. The van der Waals surface area contributed by atoms with Gasteiger partial charge in [-0.25, -0.2) is 9.37 Å². The zero-order valence-electron chi connectivity index (χ0n) is 34.8. The summed E-state index contributed by atoms with van der Waals surface area (Å²) in [5.74, 6) is -2.62. The monoisotopic (exact) mass is 802 g/mol. The lowest BCUT2D eigenvalue weighted by Gasteiger charge is -2.40. The van der Waals surface area contributed by atoms with E-state index in [1.54, 1.807) is 25.3 Å². The Bertz CT molecular complexity index is 1600. The van der Waals surface area contributed by atoms with Gasteiger partial charge in [-0.2, -0.15) is 0 Å². The number of rotatable bonds is 22. The third-order valence-electron chi connectivity index (χ3n) is 11.3. The Hall–Kier alpha value is -3.62. The average Bonchev–Trinajstić information content (AvgIpc) is 3.65. The van der Waals surface area contributed by atoms with Crippen LogP contribution in [0.15, 0.2) is 23.6 Å². The summed E-state index contributed by atoms with van der Waals surface area (Å²) in [5.41, 5.74) is 5.05. The summed E-state index contributed by atoms with van der Waals surface area (Å²) in [4.78, 5) is 62.3. The number of benzene rings is 1. The minimum absolute atomic E-state index is 0.0118. The first-order valence-electron chi connectivity index (χ1n) is 20.4. The highest BCUT2D eigenvalue weighted by molar-refractivity contribution is 7.09. The number of nitrogen functional groups attached to an aromatic ring is 1. The number of carboxylic acid groups (broad SMARTS) is 1. The summed E-state index contributed by atoms with van der Waals surface area (Å²) in [6.45, 7) is 14.6. The largest absolute Gasteiger partial charge is 0.481 e. The van der Waals surface area contributed by atoms with Crippen molar-refractivity contribution in [2.45, 2.75) is 149 Å². The smallest absolute Gasteiger partial charge is 0.309 e. The molecule has 0 unspecified atom stereocenters. The van der Waals surface area contributed by atoms with Gasteiger partial charge in [0.2, 0.25) is 11.8 Å². The maximum Gasteiger partial charge on any atom is 0.309 e. The van der Waals surface area contributed by atoms with E-state index in [4.69, 9.17) is 5.73 Å². The molecule has 3 amide bonds. The van der Waals surface area contributed by atoms with E-state index in [2.05, 4.69) is 27.4 Å². The van der Waals surface area contributed by atoms with E-state index in [1.165, 1.54) is 12.1 Å². The second-order valence-corrected chi connectivity index (χ2v) is 17.6. The molecule has 1 saturated heterocycles. The van der Waals surface area contributed by atoms with Crippen molar-refractivity contribution in [2.75, 3.05) is 25.9 Å². The molecular formula is C42H67FN6O6S. The Balaban J connectivity index is 1.85. The fourth-order valence-corrected chi connectivity index (χ4v) is 8.22. The average molecular weight is 803 g/mol. The van der Waals surface area contributed by atoms with Crippen LogP contribution in [0.2, 0.25) is 0 Å². The Morgan fingerprint density at radius 1 is 1.11 bits per heavy atom. The molecule has 0 saturated carbocycles. The topological polar surface area (TPSA) is 178 Å². The summed E-state index contributed by atoms with van der Waals surface area (Å²) in [6.07, 6.45) is 6.58. The van der Waals surface area contributed by atoms with Crippen LogP contribution in [0.5, 0.6) is 0 Å². The standard InChI is InChI=1S/C42H67FN6O6S/c1-9-11-12-14-20-49(40(53)36(27(5)10-2)47-38(52)33-16-13-15-19-48(33)8)34(26(3)4)23-35(50)39-46-32(25-56-39)37(51)45-29(24-42(6,7)41(54)55)21-28-17-18-31(44)30(43)22-28/h17-18,22,25-27,29,33-36,50H,9-16,19-21,23-24,44H2,1-8H3,(H,45,51)(H,47,52)(H,54,55)/t27-,29-,33+,34+,35+,36-/m0/s1. The number of carboxylic acids is 1. The number of aliphatic carboxylic acids is 1. The van der Waals surface area contributed by atoms with Gasteiger partial charge in [0.25, 0.3) is 5.91 Å². The summed E-state index contributed by atoms with van der Waals surface area (Å²) in [5, 5.41) is 29.4. The number of thiazole rings is 1. The molecule has 0 spiro atoms. The Kier molecular flexibility index (Phi) is 18.2. The molecule has 1 aromatic carbocycles. The number of likely N-dealkylation sites (tertiary alicyclic amines) is 1. The first-order valence-corrected chi connectivity index (χ1v) is 21.3. The number of aromatic nitrogens is 1. The molecule has 0 aliphatic carbocycles. The van der Waals surface area contributed by atoms with Gasteiger partial charge in [-0.1, -0.05) is 72.8 Å². The van der Waals surface area contributed by atoms with Gasteiger partial charge >= 0.3 is 5.97 Å². The van der Waals surface area contributed by atoms with E-state index >= 15 is 0 Å². The van der Waals surface area contributed by atoms with E-state index < -0.39 is 41.3 Å². The number of hydrogen-bond acceptors (Lipinski definition) is 9. The number of unbranched alkanes of at least 4 members (excludes halogenated alkanes) is 3. The number of nitrogens with zero attached hydrogens (tertiary/aromatic N) is 3. The number of anilines is 1. The molecule has 14 heteroatoms. The molecule has 2 aromatic rings. The highest BCUT2D eigenvalue weighted by atomic mass is 32.1. The van der Waals surface area contributed by atoms with Crippen LogP contribution in [-0.4, -0.2) is 93.0 Å². The van der Waals surface area contributed by atoms with Crippen LogP contribution >= 0.6 is 11.3 Å². The number of nitrogens with one attached hydrogen (secondary N) is 2. The van der Waals surface area contributed by atoms with Gasteiger partial charge in [-0.05, 0) is 89.1 Å². The molecule has 6 atom stereocenters. The van der Waals surface area contributed by atoms with E-state index in [-0.39, 0.29) is 66.4 Å². The van der Waals surface area contributed by atoms with Crippen molar-refractivity contribution >= 4 is 40.7 Å². The summed E-state index contributed by atoms with van der Waals surface area (Å²) < 4.78 is 14.3. The molecule has 3 rings (SSSR count). The number of likely N-dealkylation sites (N-methyl/N-ethyl adjacent to an activating group) is 1. The van der Waals surface area contributed by atoms with E-state index in [1.807, 2.05) is 39.6 Å². The van der Waals surface area contributed by atoms with Crippen LogP contribution in [0.4, 0.5) is 10.1 Å². The van der Waals surface area contributed by atoms with Gasteiger partial charge in [0.15, 0.2) is 0 Å². The van der Waals surface area contributed by atoms with E-state index in [0.29, 0.717) is 23.5 Å². The minimum Gasteiger partial charge on any atom is -0.481 e. The lowest BCUT2D eigenvalue weighted by molar-refractivity contribution is -0.147. The van der Waals surface area contributed by atoms with Crippen LogP contribution in [0, 0.1) is 23.1 Å². The van der Waals surface area contributed by atoms with Crippen molar-refractivity contribution < 1.29 is 33.8 Å². The maximum absolute atomic E-state index is 14.7. The normalized spacial score (nSPS) is 17.8. The number of carbonyl (C=O) groups excluding carboxylic acids is 3. The second-order valence-electron chi connectivity index (χ2n) is 16.7. The summed E-state index contributed by atoms with van der Waals surface area (Å²) in [6, 6.07) is 2.29. The van der Waals surface area contributed by atoms with Gasteiger partial charge in [-0.15, -0.1) is 11.3 Å². The van der Waals surface area contributed by atoms with Crippen molar-refractivity contribution in [3.63, 3.8) is 0 Å². The van der Waals surface area contributed by atoms with Gasteiger partial charge < -0.3 is 31.5 Å². The number of hydrogen-bond donors (Lipinski definition) is 5. The number of amides is 3. The molecule has 0 bridgehead atoms. The van der Waals surface area contributed by atoms with Crippen LogP contribution in [-0.2, 0) is 20.8 Å². The third kappa shape index (κ3) is 13.2. The predicted molar refractivity (Wildman–Crippen MR) is 220 cm³/mol. The van der Waals surface area contributed by atoms with E-state index in [0.717, 1.165) is 62.8 Å². The SMILES string of the molecule is CCCCCCN(C(=O)[C@@H](NC(=O)[C@H]1CCCCN1C)[C@@H](C)CC)[C@H](C[C@@H](O)c1nc(C(=O)N[C@@H](Cc2ccc(N)c(F)c2)CC(C)(C)C(=O)O)cs1)C(C)C. The van der Waals surface area contributed by atoms with Crippen LogP contribution in [0.3, 0.4) is 0 Å². The zero-order valence-corrected chi connectivity index (χ0v) is 35.6. The van der Waals surface area contributed by atoms with Gasteiger partial charge in [0.05, 0.1) is 17.1 Å². The molecule has 12 nitrogen and oxygen atoms in total. The number of nitrogens with two attached hydrogens (primary N) is 1. The van der Waals surface area contributed by atoms with Crippen molar-refractivity contribution in [1.29, 1.82) is 0 Å². The lowest BCUT2D eigenvalue weighted by Crippen LogP contribution is -2.58.